The fourth-order valence-electron chi connectivity index (χ4n) is 1.86. The van der Waals surface area contributed by atoms with Crippen LogP contribution >= 0.6 is 0 Å². The van der Waals surface area contributed by atoms with Crippen molar-refractivity contribution in [2.24, 2.45) is 17.4 Å². The first-order valence-corrected chi connectivity index (χ1v) is 4.98. The Bertz CT molecular complexity index is 244. The Kier molecular flexibility index (Phi) is 4.20. The zero-order valence-electron chi connectivity index (χ0n) is 8.48. The van der Waals surface area contributed by atoms with E-state index in [0.717, 1.165) is 25.7 Å². The molecule has 0 aromatic rings. The summed E-state index contributed by atoms with van der Waals surface area (Å²) in [4.78, 5) is 21.1. The van der Waals surface area contributed by atoms with Gasteiger partial charge in [0.2, 0.25) is 0 Å². The van der Waals surface area contributed by atoms with E-state index in [2.05, 4.69) is 0 Å². The predicted octanol–water partition coefficient (Wildman–Crippen LogP) is 0.736. The molecule has 1 aliphatic rings. The lowest BCUT2D eigenvalue weighted by molar-refractivity contribution is 0.0148. The highest BCUT2D eigenvalue weighted by Crippen LogP contribution is 2.27. The van der Waals surface area contributed by atoms with Crippen LogP contribution in [0.25, 0.3) is 0 Å². The van der Waals surface area contributed by atoms with Crippen LogP contribution in [0.1, 0.15) is 25.7 Å². The third kappa shape index (κ3) is 4.05. The molecule has 0 saturated heterocycles. The standard InChI is InChI=1S/C9H16N2O4/c10-8(12)14-5-6-3-1-2-4-7(6)15-9(11)13/h6-7H,1-5H2,(H2,10,12)(H2,11,13)/t6-,7-/m0/s1. The fourth-order valence-corrected chi connectivity index (χ4v) is 1.86. The summed E-state index contributed by atoms with van der Waals surface area (Å²) in [6.45, 7) is 0.188. The van der Waals surface area contributed by atoms with E-state index in [1.54, 1.807) is 0 Å². The van der Waals surface area contributed by atoms with E-state index in [4.69, 9.17) is 20.9 Å². The molecular weight excluding hydrogens is 200 g/mol. The smallest absolute Gasteiger partial charge is 0.404 e. The van der Waals surface area contributed by atoms with Crippen molar-refractivity contribution in [2.45, 2.75) is 31.8 Å². The van der Waals surface area contributed by atoms with Gasteiger partial charge in [-0.1, -0.05) is 6.42 Å². The van der Waals surface area contributed by atoms with E-state index in [0.29, 0.717) is 0 Å². The van der Waals surface area contributed by atoms with Crippen LogP contribution in [0.4, 0.5) is 9.59 Å². The average molecular weight is 216 g/mol. The van der Waals surface area contributed by atoms with E-state index >= 15 is 0 Å². The SMILES string of the molecule is NC(=O)OC[C@@H]1CCCC[C@@H]1OC(N)=O. The zero-order chi connectivity index (χ0) is 11.3. The van der Waals surface area contributed by atoms with Crippen molar-refractivity contribution >= 4 is 12.2 Å². The Morgan fingerprint density at radius 1 is 1.13 bits per heavy atom. The number of nitrogens with two attached hydrogens (primary N) is 2. The summed E-state index contributed by atoms with van der Waals surface area (Å²) >= 11 is 0. The summed E-state index contributed by atoms with van der Waals surface area (Å²) in [5.74, 6) is 0.0127. The summed E-state index contributed by atoms with van der Waals surface area (Å²) in [7, 11) is 0. The highest BCUT2D eigenvalue weighted by Gasteiger charge is 2.28. The van der Waals surface area contributed by atoms with E-state index in [9.17, 15) is 9.59 Å². The quantitative estimate of drug-likeness (QED) is 0.725. The molecule has 4 N–H and O–H groups in total. The van der Waals surface area contributed by atoms with Crippen LogP contribution in [0, 0.1) is 5.92 Å². The van der Waals surface area contributed by atoms with Crippen molar-refractivity contribution in [2.75, 3.05) is 6.61 Å². The number of amides is 2. The molecule has 6 nitrogen and oxygen atoms in total. The third-order valence-corrected chi connectivity index (χ3v) is 2.55. The maximum atomic E-state index is 10.6. The molecule has 0 bridgehead atoms. The van der Waals surface area contributed by atoms with Gasteiger partial charge in [-0.3, -0.25) is 0 Å². The summed E-state index contributed by atoms with van der Waals surface area (Å²) in [5.41, 5.74) is 9.81. The first kappa shape index (κ1) is 11.6. The van der Waals surface area contributed by atoms with Crippen LogP contribution in [0.2, 0.25) is 0 Å². The number of primary amides is 2. The second-order valence-corrected chi connectivity index (χ2v) is 3.65. The van der Waals surface area contributed by atoms with Crippen molar-refractivity contribution in [3.8, 4) is 0 Å². The van der Waals surface area contributed by atoms with Gasteiger partial charge in [0.15, 0.2) is 0 Å². The molecule has 0 aromatic carbocycles. The molecule has 86 valence electrons. The molecule has 0 spiro atoms. The molecule has 2 amide bonds. The van der Waals surface area contributed by atoms with Crippen molar-refractivity contribution in [1.29, 1.82) is 0 Å². The molecule has 6 heteroatoms. The molecular formula is C9H16N2O4. The van der Waals surface area contributed by atoms with Gasteiger partial charge in [-0.05, 0) is 19.3 Å². The normalized spacial score (nSPS) is 25.6. The number of hydrogen-bond acceptors (Lipinski definition) is 4. The fraction of sp³-hybridized carbons (Fsp3) is 0.778. The maximum Gasteiger partial charge on any atom is 0.404 e. The molecule has 0 radical (unpaired) electrons. The lowest BCUT2D eigenvalue weighted by atomic mass is 9.87. The number of carbonyl (C=O) groups excluding carboxylic acids is 2. The minimum absolute atomic E-state index is 0.0127. The molecule has 1 aliphatic carbocycles. The maximum absolute atomic E-state index is 10.6. The Labute approximate surface area is 87.9 Å². The largest absolute Gasteiger partial charge is 0.449 e. The molecule has 0 aliphatic heterocycles. The minimum atomic E-state index is -0.807. The van der Waals surface area contributed by atoms with E-state index in [1.807, 2.05) is 0 Å². The van der Waals surface area contributed by atoms with Crippen LogP contribution in [0.5, 0.6) is 0 Å². The predicted molar refractivity (Wildman–Crippen MR) is 51.9 cm³/mol. The summed E-state index contributed by atoms with van der Waals surface area (Å²) in [5, 5.41) is 0. The molecule has 15 heavy (non-hydrogen) atoms. The second kappa shape index (κ2) is 5.43. The Morgan fingerprint density at radius 3 is 2.40 bits per heavy atom. The van der Waals surface area contributed by atoms with Gasteiger partial charge in [0.25, 0.3) is 0 Å². The molecule has 1 saturated carbocycles. The summed E-state index contributed by atoms with van der Waals surface area (Å²) in [6, 6.07) is 0. The van der Waals surface area contributed by atoms with Gasteiger partial charge in [0.1, 0.15) is 6.10 Å². The van der Waals surface area contributed by atoms with Crippen LogP contribution < -0.4 is 11.5 Å². The molecule has 0 heterocycles. The van der Waals surface area contributed by atoms with Gasteiger partial charge in [-0.15, -0.1) is 0 Å². The minimum Gasteiger partial charge on any atom is -0.449 e. The van der Waals surface area contributed by atoms with Crippen molar-refractivity contribution in [3.05, 3.63) is 0 Å². The Morgan fingerprint density at radius 2 is 1.80 bits per heavy atom. The van der Waals surface area contributed by atoms with Gasteiger partial charge >= 0.3 is 12.2 Å². The molecule has 1 fully saturated rings. The van der Waals surface area contributed by atoms with E-state index < -0.39 is 12.2 Å². The van der Waals surface area contributed by atoms with E-state index in [1.165, 1.54) is 0 Å². The Balaban J connectivity index is 2.42. The lowest BCUT2D eigenvalue weighted by Crippen LogP contribution is -2.35. The van der Waals surface area contributed by atoms with Crippen LogP contribution in [0.15, 0.2) is 0 Å². The summed E-state index contributed by atoms with van der Waals surface area (Å²) in [6.07, 6.45) is 1.79. The highest BCUT2D eigenvalue weighted by molar-refractivity contribution is 5.65. The zero-order valence-corrected chi connectivity index (χ0v) is 8.48. The van der Waals surface area contributed by atoms with Crippen molar-refractivity contribution < 1.29 is 19.1 Å². The van der Waals surface area contributed by atoms with Crippen molar-refractivity contribution in [1.82, 2.24) is 0 Å². The summed E-state index contributed by atoms with van der Waals surface area (Å²) < 4.78 is 9.64. The number of hydrogen-bond donors (Lipinski definition) is 2. The van der Waals surface area contributed by atoms with Crippen molar-refractivity contribution in [3.63, 3.8) is 0 Å². The second-order valence-electron chi connectivity index (χ2n) is 3.65. The monoisotopic (exact) mass is 216 g/mol. The molecule has 2 atom stereocenters. The van der Waals surface area contributed by atoms with Crippen LogP contribution in [-0.2, 0) is 9.47 Å². The highest BCUT2D eigenvalue weighted by atomic mass is 16.6. The first-order valence-electron chi connectivity index (χ1n) is 4.98. The average Bonchev–Trinajstić information content (AvgIpc) is 2.15. The van der Waals surface area contributed by atoms with E-state index in [-0.39, 0.29) is 18.6 Å². The molecule has 0 aromatic heterocycles. The Hall–Kier alpha value is -1.46. The first-order chi connectivity index (χ1) is 7.09. The topological polar surface area (TPSA) is 105 Å². The molecule has 0 unspecified atom stereocenters. The number of rotatable bonds is 3. The lowest BCUT2D eigenvalue weighted by Gasteiger charge is -2.29. The van der Waals surface area contributed by atoms with Gasteiger partial charge in [-0.2, -0.15) is 0 Å². The van der Waals surface area contributed by atoms with Crippen LogP contribution in [0.3, 0.4) is 0 Å². The molecule has 1 rings (SSSR count). The third-order valence-electron chi connectivity index (χ3n) is 2.55. The van der Waals surface area contributed by atoms with Gasteiger partial charge in [0.05, 0.1) is 6.61 Å². The van der Waals surface area contributed by atoms with Crippen LogP contribution in [-0.4, -0.2) is 24.9 Å². The number of ether oxygens (including phenoxy) is 2. The van der Waals surface area contributed by atoms with Gasteiger partial charge < -0.3 is 20.9 Å². The van der Waals surface area contributed by atoms with Gasteiger partial charge in [0, 0.05) is 5.92 Å². The number of carbonyl (C=O) groups is 2. The van der Waals surface area contributed by atoms with Gasteiger partial charge in [-0.25, -0.2) is 9.59 Å².